The molecule has 0 aliphatic rings. The molecule has 0 aliphatic heterocycles. The molecule has 0 saturated carbocycles. The fraction of sp³-hybridized carbons (Fsp3) is 0.333. The normalized spacial score (nSPS) is 11.7. The minimum atomic E-state index is -0.0498. The van der Waals surface area contributed by atoms with E-state index in [2.05, 4.69) is 54.0 Å². The van der Waals surface area contributed by atoms with Gasteiger partial charge in [-0.2, -0.15) is 0 Å². The number of H-pyrrole nitrogens is 1. The molecule has 5 heteroatoms. The van der Waals surface area contributed by atoms with Crippen molar-refractivity contribution in [2.75, 3.05) is 18.9 Å². The highest BCUT2D eigenvalue weighted by atomic mass is 15.0. The molecule has 0 saturated heterocycles. The summed E-state index contributed by atoms with van der Waals surface area (Å²) < 4.78 is 0. The molecule has 0 radical (unpaired) electrons. The van der Waals surface area contributed by atoms with Gasteiger partial charge < -0.3 is 15.6 Å². The highest BCUT2D eigenvalue weighted by molar-refractivity contribution is 5.91. The van der Waals surface area contributed by atoms with Gasteiger partial charge in [-0.1, -0.05) is 12.7 Å². The molecule has 0 amide bonds. The third-order valence-corrected chi connectivity index (χ3v) is 4.16. The average molecular weight is 349 g/mol. The third-order valence-electron chi connectivity index (χ3n) is 4.16. The van der Waals surface area contributed by atoms with Crippen LogP contribution in [-0.4, -0.2) is 34.1 Å². The first kappa shape index (κ1) is 18.1. The SMILES string of the molecule is C=Cc1cc(-c2ccnc3ccc(NC(C)(C)C)nc23)[nH]c1CCNC. The minimum Gasteiger partial charge on any atom is -0.365 e. The lowest BCUT2D eigenvalue weighted by molar-refractivity contribution is 0.631. The van der Waals surface area contributed by atoms with Crippen LogP contribution in [0.5, 0.6) is 0 Å². The summed E-state index contributed by atoms with van der Waals surface area (Å²) in [6.45, 7) is 11.2. The molecule has 0 fully saturated rings. The van der Waals surface area contributed by atoms with E-state index in [1.54, 1.807) is 0 Å². The number of hydrogen-bond donors (Lipinski definition) is 3. The number of hydrogen-bond acceptors (Lipinski definition) is 4. The van der Waals surface area contributed by atoms with Gasteiger partial charge in [-0.3, -0.25) is 4.98 Å². The van der Waals surface area contributed by atoms with E-state index in [-0.39, 0.29) is 5.54 Å². The number of fused-ring (bicyclic) bond motifs is 1. The van der Waals surface area contributed by atoms with Gasteiger partial charge >= 0.3 is 0 Å². The summed E-state index contributed by atoms with van der Waals surface area (Å²) in [6, 6.07) is 8.14. The van der Waals surface area contributed by atoms with Crippen molar-refractivity contribution in [1.29, 1.82) is 0 Å². The van der Waals surface area contributed by atoms with Crippen LogP contribution in [0, 0.1) is 0 Å². The molecule has 3 rings (SSSR count). The van der Waals surface area contributed by atoms with Crippen LogP contribution in [0.3, 0.4) is 0 Å². The van der Waals surface area contributed by atoms with E-state index < -0.39 is 0 Å². The van der Waals surface area contributed by atoms with Crippen molar-refractivity contribution in [3.05, 3.63) is 48.3 Å². The molecule has 0 unspecified atom stereocenters. The Morgan fingerprint density at radius 2 is 2.04 bits per heavy atom. The standard InChI is InChI=1S/C21H27N5/c1-6-14-13-18(24-16(14)10-11-22-5)15-9-12-23-17-7-8-19(25-20(15)17)26-21(2,3)4/h6-9,12-13,22,24H,1,10-11H2,2-5H3,(H,25,26). The second-order valence-electron chi connectivity index (χ2n) is 7.47. The molecule has 5 nitrogen and oxygen atoms in total. The Kier molecular flexibility index (Phi) is 5.09. The van der Waals surface area contributed by atoms with Crippen LogP contribution < -0.4 is 10.6 Å². The van der Waals surface area contributed by atoms with Crippen LogP contribution >= 0.6 is 0 Å². The Bertz CT molecular complexity index is 918. The molecular formula is C21H27N5. The fourth-order valence-corrected chi connectivity index (χ4v) is 2.99. The maximum Gasteiger partial charge on any atom is 0.127 e. The van der Waals surface area contributed by atoms with Gasteiger partial charge in [-0.15, -0.1) is 0 Å². The van der Waals surface area contributed by atoms with Gasteiger partial charge in [0.25, 0.3) is 0 Å². The summed E-state index contributed by atoms with van der Waals surface area (Å²) in [6.07, 6.45) is 4.65. The van der Waals surface area contributed by atoms with E-state index in [1.807, 2.05) is 37.5 Å². The monoisotopic (exact) mass is 349 g/mol. The molecule has 3 aromatic rings. The molecule has 3 heterocycles. The van der Waals surface area contributed by atoms with Crippen LogP contribution in [0.15, 0.2) is 37.0 Å². The van der Waals surface area contributed by atoms with E-state index in [0.717, 1.165) is 46.6 Å². The van der Waals surface area contributed by atoms with Crippen molar-refractivity contribution in [3.8, 4) is 11.3 Å². The molecule has 136 valence electrons. The maximum atomic E-state index is 4.83. The molecule has 3 aromatic heterocycles. The third kappa shape index (κ3) is 3.94. The maximum absolute atomic E-state index is 4.83. The van der Waals surface area contributed by atoms with Gasteiger partial charge in [0.15, 0.2) is 0 Å². The van der Waals surface area contributed by atoms with Crippen molar-refractivity contribution >= 4 is 22.9 Å². The van der Waals surface area contributed by atoms with Crippen molar-refractivity contribution in [3.63, 3.8) is 0 Å². The predicted molar refractivity (Wildman–Crippen MR) is 110 cm³/mol. The molecule has 0 spiro atoms. The van der Waals surface area contributed by atoms with Crippen molar-refractivity contribution in [1.82, 2.24) is 20.3 Å². The zero-order chi connectivity index (χ0) is 18.7. The lowest BCUT2D eigenvalue weighted by Gasteiger charge is -2.21. The van der Waals surface area contributed by atoms with Gasteiger partial charge in [0.1, 0.15) is 11.3 Å². The lowest BCUT2D eigenvalue weighted by Crippen LogP contribution is -2.26. The van der Waals surface area contributed by atoms with Crippen molar-refractivity contribution in [2.45, 2.75) is 32.7 Å². The minimum absolute atomic E-state index is 0.0498. The zero-order valence-corrected chi connectivity index (χ0v) is 16.0. The van der Waals surface area contributed by atoms with Gasteiger partial charge in [-0.05, 0) is 57.6 Å². The van der Waals surface area contributed by atoms with Gasteiger partial charge in [-0.25, -0.2) is 4.98 Å². The molecular weight excluding hydrogens is 322 g/mol. The predicted octanol–water partition coefficient (Wildman–Crippen LogP) is 4.24. The van der Waals surface area contributed by atoms with Gasteiger partial charge in [0, 0.05) is 41.7 Å². The first-order valence-corrected chi connectivity index (χ1v) is 8.94. The smallest absolute Gasteiger partial charge is 0.127 e. The van der Waals surface area contributed by atoms with Crippen LogP contribution in [-0.2, 0) is 6.42 Å². The Balaban J connectivity index is 2.08. The number of pyridine rings is 2. The first-order chi connectivity index (χ1) is 12.4. The molecule has 0 bridgehead atoms. The Morgan fingerprint density at radius 1 is 1.23 bits per heavy atom. The largest absolute Gasteiger partial charge is 0.365 e. The van der Waals surface area contributed by atoms with Crippen LogP contribution in [0.4, 0.5) is 5.82 Å². The second kappa shape index (κ2) is 7.30. The number of aromatic amines is 1. The summed E-state index contributed by atoms with van der Waals surface area (Å²) in [7, 11) is 1.96. The highest BCUT2D eigenvalue weighted by Gasteiger charge is 2.14. The van der Waals surface area contributed by atoms with E-state index in [9.17, 15) is 0 Å². The van der Waals surface area contributed by atoms with Crippen LogP contribution in [0.1, 0.15) is 32.0 Å². The van der Waals surface area contributed by atoms with Gasteiger partial charge in [0.05, 0.1) is 5.52 Å². The summed E-state index contributed by atoms with van der Waals surface area (Å²) in [5.74, 6) is 0.852. The number of rotatable bonds is 6. The summed E-state index contributed by atoms with van der Waals surface area (Å²) in [5.41, 5.74) is 6.12. The molecule has 26 heavy (non-hydrogen) atoms. The fourth-order valence-electron chi connectivity index (χ4n) is 2.99. The van der Waals surface area contributed by atoms with E-state index >= 15 is 0 Å². The van der Waals surface area contributed by atoms with Crippen LogP contribution in [0.2, 0.25) is 0 Å². The first-order valence-electron chi connectivity index (χ1n) is 8.94. The quantitative estimate of drug-likeness (QED) is 0.623. The molecule has 0 aromatic carbocycles. The van der Waals surface area contributed by atoms with E-state index in [0.29, 0.717) is 0 Å². The topological polar surface area (TPSA) is 65.6 Å². The number of aromatic nitrogens is 3. The number of anilines is 1. The van der Waals surface area contributed by atoms with Crippen molar-refractivity contribution in [2.24, 2.45) is 0 Å². The Hall–Kier alpha value is -2.66. The number of nitrogens with zero attached hydrogens (tertiary/aromatic N) is 2. The summed E-state index contributed by atoms with van der Waals surface area (Å²) in [5, 5.41) is 6.62. The Labute approximate surface area is 155 Å². The van der Waals surface area contributed by atoms with E-state index in [4.69, 9.17) is 4.98 Å². The molecule has 0 atom stereocenters. The van der Waals surface area contributed by atoms with Gasteiger partial charge in [0.2, 0.25) is 0 Å². The number of likely N-dealkylation sites (N-methyl/N-ethyl adjacent to an activating group) is 1. The Morgan fingerprint density at radius 3 is 2.73 bits per heavy atom. The summed E-state index contributed by atoms with van der Waals surface area (Å²) in [4.78, 5) is 12.8. The highest BCUT2D eigenvalue weighted by Crippen LogP contribution is 2.29. The molecule has 0 aliphatic carbocycles. The lowest BCUT2D eigenvalue weighted by atomic mass is 10.1. The number of nitrogens with one attached hydrogen (secondary N) is 3. The zero-order valence-electron chi connectivity index (χ0n) is 16.0. The van der Waals surface area contributed by atoms with Crippen LogP contribution in [0.25, 0.3) is 28.4 Å². The second-order valence-corrected chi connectivity index (χ2v) is 7.47. The molecule has 3 N–H and O–H groups in total. The summed E-state index contributed by atoms with van der Waals surface area (Å²) >= 11 is 0. The average Bonchev–Trinajstić information content (AvgIpc) is 3.01. The van der Waals surface area contributed by atoms with E-state index in [1.165, 1.54) is 5.69 Å². The van der Waals surface area contributed by atoms with Crippen molar-refractivity contribution < 1.29 is 0 Å².